The molecule has 1 fully saturated rings. The molecular formula is C14H19Cl3N2O2. The van der Waals surface area contributed by atoms with E-state index in [1.807, 2.05) is 0 Å². The lowest BCUT2D eigenvalue weighted by atomic mass is 10.1. The molecular weight excluding hydrogens is 335 g/mol. The molecule has 1 atom stereocenters. The molecule has 4 nitrogen and oxygen atoms in total. The smallest absolute Gasteiger partial charge is 0.260 e. The molecule has 1 aromatic carbocycles. The summed E-state index contributed by atoms with van der Waals surface area (Å²) >= 11 is 11.9. The summed E-state index contributed by atoms with van der Waals surface area (Å²) in [5, 5.41) is 6.99. The summed E-state index contributed by atoms with van der Waals surface area (Å²) in [6.45, 7) is 3.56. The zero-order chi connectivity index (χ0) is 14.5. The molecule has 0 aromatic heterocycles. The van der Waals surface area contributed by atoms with E-state index in [9.17, 15) is 4.79 Å². The number of hydrogen-bond acceptors (Lipinski definition) is 3. The van der Waals surface area contributed by atoms with Crippen LogP contribution in [0.4, 0.5) is 0 Å². The molecule has 1 aromatic rings. The molecule has 2 rings (SSSR count). The molecule has 2 N–H and O–H groups in total. The Kier molecular flexibility index (Phi) is 7.60. The standard InChI is InChI=1S/C14H18Cl2N2O2.ClH/c1-9(14(19)18-10-5-7-17-8-6-10)20-12-4-2-3-11(15)13(12)16;/h2-4,9-10,17H,5-8H2,1H3,(H,18,19);1H. The van der Waals surface area contributed by atoms with Crippen LogP contribution in [0.15, 0.2) is 18.2 Å². The van der Waals surface area contributed by atoms with E-state index >= 15 is 0 Å². The molecule has 0 spiro atoms. The number of piperidine rings is 1. The SMILES string of the molecule is CC(Oc1cccc(Cl)c1Cl)C(=O)NC1CCNCC1.Cl. The first-order chi connectivity index (χ1) is 9.58. The van der Waals surface area contributed by atoms with Crippen molar-refractivity contribution in [3.05, 3.63) is 28.2 Å². The number of halogens is 3. The van der Waals surface area contributed by atoms with Crippen LogP contribution in [0.25, 0.3) is 0 Å². The van der Waals surface area contributed by atoms with Crippen LogP contribution in [0.3, 0.4) is 0 Å². The Labute approximate surface area is 140 Å². The van der Waals surface area contributed by atoms with E-state index in [1.54, 1.807) is 25.1 Å². The van der Waals surface area contributed by atoms with Crippen LogP contribution in [0.5, 0.6) is 5.75 Å². The summed E-state index contributed by atoms with van der Waals surface area (Å²) in [5.74, 6) is 0.292. The van der Waals surface area contributed by atoms with Crippen molar-refractivity contribution in [1.82, 2.24) is 10.6 Å². The fraction of sp³-hybridized carbons (Fsp3) is 0.500. The molecule has 1 aliphatic rings. The normalized spacial score (nSPS) is 16.7. The van der Waals surface area contributed by atoms with E-state index in [0.29, 0.717) is 15.8 Å². The number of carbonyl (C=O) groups excluding carboxylic acids is 1. The Morgan fingerprint density at radius 1 is 1.38 bits per heavy atom. The summed E-state index contributed by atoms with van der Waals surface area (Å²) in [4.78, 5) is 12.1. The fourth-order valence-corrected chi connectivity index (χ4v) is 2.44. The number of hydrogen-bond donors (Lipinski definition) is 2. The fourth-order valence-electron chi connectivity index (χ4n) is 2.10. The van der Waals surface area contributed by atoms with E-state index in [4.69, 9.17) is 27.9 Å². The Hall–Kier alpha value is -0.680. The van der Waals surface area contributed by atoms with Gasteiger partial charge in [-0.2, -0.15) is 0 Å². The van der Waals surface area contributed by atoms with Gasteiger partial charge < -0.3 is 15.4 Å². The average Bonchev–Trinajstić information content (AvgIpc) is 2.45. The molecule has 118 valence electrons. The van der Waals surface area contributed by atoms with E-state index in [0.717, 1.165) is 25.9 Å². The Balaban J connectivity index is 0.00000220. The van der Waals surface area contributed by atoms with Crippen LogP contribution in [0.1, 0.15) is 19.8 Å². The highest BCUT2D eigenvalue weighted by Gasteiger charge is 2.21. The largest absolute Gasteiger partial charge is 0.479 e. The molecule has 1 aliphatic heterocycles. The average molecular weight is 354 g/mol. The summed E-state index contributed by atoms with van der Waals surface area (Å²) in [6.07, 6.45) is 1.27. The summed E-state index contributed by atoms with van der Waals surface area (Å²) < 4.78 is 5.59. The minimum Gasteiger partial charge on any atom is -0.479 e. The number of rotatable bonds is 4. The predicted molar refractivity (Wildman–Crippen MR) is 87.8 cm³/mol. The highest BCUT2D eigenvalue weighted by molar-refractivity contribution is 6.42. The second-order valence-corrected chi connectivity index (χ2v) is 5.63. The van der Waals surface area contributed by atoms with Crippen molar-refractivity contribution in [2.75, 3.05) is 13.1 Å². The van der Waals surface area contributed by atoms with Gasteiger partial charge in [0.25, 0.3) is 5.91 Å². The number of carbonyl (C=O) groups is 1. The van der Waals surface area contributed by atoms with Gasteiger partial charge in [0.1, 0.15) is 10.8 Å². The molecule has 1 heterocycles. The Morgan fingerprint density at radius 3 is 2.71 bits per heavy atom. The third-order valence-electron chi connectivity index (χ3n) is 3.27. The van der Waals surface area contributed by atoms with Gasteiger partial charge in [-0.3, -0.25) is 4.79 Å². The van der Waals surface area contributed by atoms with E-state index in [2.05, 4.69) is 10.6 Å². The molecule has 21 heavy (non-hydrogen) atoms. The number of benzene rings is 1. The molecule has 7 heteroatoms. The lowest BCUT2D eigenvalue weighted by molar-refractivity contribution is -0.128. The predicted octanol–water partition coefficient (Wildman–Crippen LogP) is 3.05. The van der Waals surface area contributed by atoms with Crippen molar-refractivity contribution in [2.24, 2.45) is 0 Å². The molecule has 1 saturated heterocycles. The van der Waals surface area contributed by atoms with Gasteiger partial charge in [0, 0.05) is 6.04 Å². The minimum atomic E-state index is -0.610. The maximum absolute atomic E-state index is 12.1. The van der Waals surface area contributed by atoms with Crippen LogP contribution >= 0.6 is 35.6 Å². The van der Waals surface area contributed by atoms with Gasteiger partial charge in [0.15, 0.2) is 6.10 Å². The maximum Gasteiger partial charge on any atom is 0.260 e. The first kappa shape index (κ1) is 18.4. The number of ether oxygens (including phenoxy) is 1. The number of nitrogens with one attached hydrogen (secondary N) is 2. The third-order valence-corrected chi connectivity index (χ3v) is 4.08. The van der Waals surface area contributed by atoms with Gasteiger partial charge in [0.2, 0.25) is 0 Å². The lowest BCUT2D eigenvalue weighted by Gasteiger charge is -2.25. The molecule has 1 unspecified atom stereocenters. The van der Waals surface area contributed by atoms with Crippen molar-refractivity contribution >= 4 is 41.5 Å². The Morgan fingerprint density at radius 2 is 2.05 bits per heavy atom. The molecule has 0 aliphatic carbocycles. The summed E-state index contributed by atoms with van der Waals surface area (Å²) in [7, 11) is 0. The van der Waals surface area contributed by atoms with Crippen LogP contribution in [-0.2, 0) is 4.79 Å². The van der Waals surface area contributed by atoms with Gasteiger partial charge in [-0.15, -0.1) is 12.4 Å². The van der Waals surface area contributed by atoms with E-state index in [1.165, 1.54) is 0 Å². The second kappa shape index (κ2) is 8.69. The topological polar surface area (TPSA) is 50.4 Å². The van der Waals surface area contributed by atoms with Gasteiger partial charge in [-0.25, -0.2) is 0 Å². The quantitative estimate of drug-likeness (QED) is 0.874. The Bertz CT molecular complexity index is 479. The van der Waals surface area contributed by atoms with E-state index in [-0.39, 0.29) is 24.4 Å². The minimum absolute atomic E-state index is 0. The highest BCUT2D eigenvalue weighted by atomic mass is 35.5. The third kappa shape index (κ3) is 5.22. The van der Waals surface area contributed by atoms with Gasteiger partial charge in [-0.05, 0) is 45.0 Å². The van der Waals surface area contributed by atoms with Crippen LogP contribution < -0.4 is 15.4 Å². The first-order valence-corrected chi connectivity index (χ1v) is 7.45. The zero-order valence-electron chi connectivity index (χ0n) is 11.7. The molecule has 0 saturated carbocycles. The van der Waals surface area contributed by atoms with Crippen LogP contribution in [-0.4, -0.2) is 31.1 Å². The van der Waals surface area contributed by atoms with Crippen molar-refractivity contribution < 1.29 is 9.53 Å². The van der Waals surface area contributed by atoms with Gasteiger partial charge >= 0.3 is 0 Å². The number of amides is 1. The summed E-state index contributed by atoms with van der Waals surface area (Å²) in [5.41, 5.74) is 0. The van der Waals surface area contributed by atoms with Crippen molar-refractivity contribution in [1.29, 1.82) is 0 Å². The second-order valence-electron chi connectivity index (χ2n) is 4.84. The van der Waals surface area contributed by atoms with Gasteiger partial charge in [0.05, 0.1) is 5.02 Å². The molecule has 0 radical (unpaired) electrons. The van der Waals surface area contributed by atoms with Crippen molar-refractivity contribution in [3.63, 3.8) is 0 Å². The molecule has 0 bridgehead atoms. The van der Waals surface area contributed by atoms with E-state index < -0.39 is 6.10 Å². The monoisotopic (exact) mass is 352 g/mol. The first-order valence-electron chi connectivity index (χ1n) is 6.69. The van der Waals surface area contributed by atoms with Gasteiger partial charge in [-0.1, -0.05) is 29.3 Å². The zero-order valence-corrected chi connectivity index (χ0v) is 14.0. The lowest BCUT2D eigenvalue weighted by Crippen LogP contribution is -2.47. The van der Waals surface area contributed by atoms with Crippen molar-refractivity contribution in [3.8, 4) is 5.75 Å². The summed E-state index contributed by atoms with van der Waals surface area (Å²) in [6, 6.07) is 5.32. The van der Waals surface area contributed by atoms with Crippen LogP contribution in [0.2, 0.25) is 10.0 Å². The maximum atomic E-state index is 12.1. The molecule has 1 amide bonds. The van der Waals surface area contributed by atoms with Crippen LogP contribution in [0, 0.1) is 0 Å². The highest BCUT2D eigenvalue weighted by Crippen LogP contribution is 2.32. The van der Waals surface area contributed by atoms with Crippen molar-refractivity contribution in [2.45, 2.75) is 31.9 Å².